The number of hydrogen-bond acceptors (Lipinski definition) is 4. The van der Waals surface area contributed by atoms with Crippen LogP contribution in [0.4, 0.5) is 0 Å². The van der Waals surface area contributed by atoms with E-state index in [4.69, 9.17) is 0 Å². The quantitative estimate of drug-likeness (QED) is 0.845. The molecule has 1 aromatic rings. The van der Waals surface area contributed by atoms with Gasteiger partial charge >= 0.3 is 0 Å². The van der Waals surface area contributed by atoms with Crippen molar-refractivity contribution in [2.75, 3.05) is 39.3 Å². The minimum absolute atomic E-state index is 0.0403. The number of nitrogens with one attached hydrogen (secondary N) is 2. The molecule has 6 nitrogen and oxygen atoms in total. The molecule has 6 heteroatoms. The average molecular weight is 342 g/mol. The van der Waals surface area contributed by atoms with Gasteiger partial charge in [-0.25, -0.2) is 0 Å². The summed E-state index contributed by atoms with van der Waals surface area (Å²) < 4.78 is 0. The van der Waals surface area contributed by atoms with Gasteiger partial charge in [-0.1, -0.05) is 0 Å². The highest BCUT2D eigenvalue weighted by Gasteiger charge is 2.31. The van der Waals surface area contributed by atoms with Gasteiger partial charge in [0, 0.05) is 62.5 Å². The Kier molecular flexibility index (Phi) is 4.72. The maximum Gasteiger partial charge on any atom is 0.253 e. The van der Waals surface area contributed by atoms with E-state index in [2.05, 4.69) is 15.5 Å². The zero-order valence-electron chi connectivity index (χ0n) is 14.5. The second kappa shape index (κ2) is 7.14. The summed E-state index contributed by atoms with van der Waals surface area (Å²) in [5.74, 6) is 0.0354. The van der Waals surface area contributed by atoms with Gasteiger partial charge in [0.15, 0.2) is 0 Å². The van der Waals surface area contributed by atoms with Gasteiger partial charge < -0.3 is 15.5 Å². The normalized spacial score (nSPS) is 24.3. The topological polar surface area (TPSA) is 64.7 Å². The van der Waals surface area contributed by atoms with E-state index in [1.54, 1.807) is 24.3 Å². The standard InChI is InChI=1S/C19H26N4O2/c24-18(21-16-5-6-16)14-1-3-15(4-2-14)19(25)23-10-7-17(13-23)22-11-8-20-9-12-22/h1-4,16-17,20H,5-13H2,(H,21,24). The zero-order valence-corrected chi connectivity index (χ0v) is 14.5. The molecule has 1 unspecified atom stereocenters. The predicted octanol–water partition coefficient (Wildman–Crippen LogP) is 0.699. The Bertz CT molecular complexity index is 635. The molecule has 2 heterocycles. The van der Waals surface area contributed by atoms with Crippen LogP contribution in [0.1, 0.15) is 40.0 Å². The molecule has 1 aromatic carbocycles. The molecule has 0 aromatic heterocycles. The smallest absolute Gasteiger partial charge is 0.253 e. The van der Waals surface area contributed by atoms with E-state index in [1.807, 2.05) is 4.90 Å². The first kappa shape index (κ1) is 16.5. The number of piperazine rings is 1. The molecule has 4 rings (SSSR count). The molecule has 1 aliphatic carbocycles. The van der Waals surface area contributed by atoms with E-state index in [9.17, 15) is 9.59 Å². The van der Waals surface area contributed by atoms with E-state index >= 15 is 0 Å². The Hall–Kier alpha value is -1.92. The van der Waals surface area contributed by atoms with Gasteiger partial charge in [-0.15, -0.1) is 0 Å². The van der Waals surface area contributed by atoms with Crippen molar-refractivity contribution in [2.24, 2.45) is 0 Å². The van der Waals surface area contributed by atoms with Crippen molar-refractivity contribution in [3.05, 3.63) is 35.4 Å². The molecule has 1 saturated carbocycles. The number of benzene rings is 1. The number of carbonyl (C=O) groups excluding carboxylic acids is 2. The van der Waals surface area contributed by atoms with Crippen molar-refractivity contribution in [2.45, 2.75) is 31.3 Å². The number of amides is 2. The molecule has 2 amide bonds. The lowest BCUT2D eigenvalue weighted by molar-refractivity contribution is 0.0772. The molecule has 0 radical (unpaired) electrons. The van der Waals surface area contributed by atoms with Gasteiger partial charge in [-0.2, -0.15) is 0 Å². The van der Waals surface area contributed by atoms with Crippen LogP contribution in [0.3, 0.4) is 0 Å². The first-order chi connectivity index (χ1) is 12.2. The monoisotopic (exact) mass is 342 g/mol. The molecule has 3 fully saturated rings. The summed E-state index contributed by atoms with van der Waals surface area (Å²) in [6.45, 7) is 5.83. The molecule has 0 bridgehead atoms. The third-order valence-corrected chi connectivity index (χ3v) is 5.43. The second-order valence-corrected chi connectivity index (χ2v) is 7.30. The van der Waals surface area contributed by atoms with Crippen LogP contribution >= 0.6 is 0 Å². The fourth-order valence-corrected chi connectivity index (χ4v) is 3.71. The molecular weight excluding hydrogens is 316 g/mol. The first-order valence-electron chi connectivity index (χ1n) is 9.36. The van der Waals surface area contributed by atoms with Gasteiger partial charge in [-0.05, 0) is 43.5 Å². The minimum atomic E-state index is -0.0403. The Morgan fingerprint density at radius 2 is 1.64 bits per heavy atom. The van der Waals surface area contributed by atoms with E-state index in [-0.39, 0.29) is 11.8 Å². The van der Waals surface area contributed by atoms with E-state index < -0.39 is 0 Å². The Labute approximate surface area is 148 Å². The highest BCUT2D eigenvalue weighted by Crippen LogP contribution is 2.21. The summed E-state index contributed by atoms with van der Waals surface area (Å²) in [7, 11) is 0. The highest BCUT2D eigenvalue weighted by molar-refractivity contribution is 5.98. The predicted molar refractivity (Wildman–Crippen MR) is 95.7 cm³/mol. The largest absolute Gasteiger partial charge is 0.349 e. The highest BCUT2D eigenvalue weighted by atomic mass is 16.2. The maximum atomic E-state index is 12.7. The maximum absolute atomic E-state index is 12.7. The number of hydrogen-bond donors (Lipinski definition) is 2. The Morgan fingerprint density at radius 3 is 2.32 bits per heavy atom. The zero-order chi connectivity index (χ0) is 17.2. The summed E-state index contributed by atoms with van der Waals surface area (Å²) in [5.41, 5.74) is 1.30. The van der Waals surface area contributed by atoms with Crippen molar-refractivity contribution < 1.29 is 9.59 Å². The third-order valence-electron chi connectivity index (χ3n) is 5.43. The van der Waals surface area contributed by atoms with Crippen LogP contribution in [-0.4, -0.2) is 73.0 Å². The second-order valence-electron chi connectivity index (χ2n) is 7.30. The van der Waals surface area contributed by atoms with Crippen LogP contribution in [0.15, 0.2) is 24.3 Å². The number of likely N-dealkylation sites (tertiary alicyclic amines) is 1. The average Bonchev–Trinajstić information content (AvgIpc) is 3.34. The lowest BCUT2D eigenvalue weighted by Crippen LogP contribution is -2.49. The number of nitrogens with zero attached hydrogens (tertiary/aromatic N) is 2. The number of rotatable bonds is 4. The van der Waals surface area contributed by atoms with Gasteiger partial charge in [0.1, 0.15) is 0 Å². The first-order valence-corrected chi connectivity index (χ1v) is 9.36. The summed E-state index contributed by atoms with van der Waals surface area (Å²) in [5, 5.41) is 6.34. The van der Waals surface area contributed by atoms with Crippen molar-refractivity contribution in [3.8, 4) is 0 Å². The molecule has 2 N–H and O–H groups in total. The molecule has 3 aliphatic rings. The molecule has 134 valence electrons. The van der Waals surface area contributed by atoms with Gasteiger partial charge in [0.2, 0.25) is 0 Å². The van der Waals surface area contributed by atoms with Crippen LogP contribution in [0, 0.1) is 0 Å². The summed E-state index contributed by atoms with van der Waals surface area (Å²) >= 11 is 0. The SMILES string of the molecule is O=C(NC1CC1)c1ccc(C(=O)N2CCC(N3CCNCC3)C2)cc1. The van der Waals surface area contributed by atoms with Crippen LogP contribution in [0.5, 0.6) is 0 Å². The summed E-state index contributed by atoms with van der Waals surface area (Å²) in [4.78, 5) is 29.2. The lowest BCUT2D eigenvalue weighted by atomic mass is 10.1. The molecule has 25 heavy (non-hydrogen) atoms. The summed E-state index contributed by atoms with van der Waals surface area (Å²) in [6.07, 6.45) is 3.20. The Balaban J connectivity index is 1.35. The van der Waals surface area contributed by atoms with E-state index in [1.165, 1.54) is 0 Å². The van der Waals surface area contributed by atoms with Crippen molar-refractivity contribution in [1.82, 2.24) is 20.4 Å². The van der Waals surface area contributed by atoms with Crippen LogP contribution in [0.2, 0.25) is 0 Å². The van der Waals surface area contributed by atoms with Crippen LogP contribution < -0.4 is 10.6 Å². The van der Waals surface area contributed by atoms with E-state index in [0.29, 0.717) is 23.2 Å². The molecule has 1 atom stereocenters. The fourth-order valence-electron chi connectivity index (χ4n) is 3.71. The minimum Gasteiger partial charge on any atom is -0.349 e. The molecule has 2 aliphatic heterocycles. The molecule has 0 spiro atoms. The van der Waals surface area contributed by atoms with Crippen molar-refractivity contribution in [1.29, 1.82) is 0 Å². The van der Waals surface area contributed by atoms with E-state index in [0.717, 1.165) is 58.5 Å². The van der Waals surface area contributed by atoms with Gasteiger partial charge in [0.05, 0.1) is 0 Å². The Morgan fingerprint density at radius 1 is 0.960 bits per heavy atom. The molecule has 2 saturated heterocycles. The lowest BCUT2D eigenvalue weighted by Gasteiger charge is -2.32. The van der Waals surface area contributed by atoms with Crippen LogP contribution in [0.25, 0.3) is 0 Å². The van der Waals surface area contributed by atoms with Gasteiger partial charge in [-0.3, -0.25) is 14.5 Å². The number of carbonyl (C=O) groups is 2. The van der Waals surface area contributed by atoms with Crippen LogP contribution in [-0.2, 0) is 0 Å². The fraction of sp³-hybridized carbons (Fsp3) is 0.579. The van der Waals surface area contributed by atoms with Gasteiger partial charge in [0.25, 0.3) is 11.8 Å². The molecular formula is C19H26N4O2. The summed E-state index contributed by atoms with van der Waals surface area (Å²) in [6, 6.07) is 7.91. The van der Waals surface area contributed by atoms with Crippen molar-refractivity contribution >= 4 is 11.8 Å². The van der Waals surface area contributed by atoms with Crippen molar-refractivity contribution in [3.63, 3.8) is 0 Å². The third kappa shape index (κ3) is 3.85.